The topological polar surface area (TPSA) is 344 Å². The predicted molar refractivity (Wildman–Crippen MR) is 136 cm³/mol. The van der Waals surface area contributed by atoms with E-state index in [2.05, 4.69) is 10.5 Å². The molecular formula is C23H40N2O19. The van der Waals surface area contributed by atoms with Gasteiger partial charge in [-0.15, -0.1) is 4.91 Å². The molecule has 14 unspecified atom stereocenters. The van der Waals surface area contributed by atoms with Gasteiger partial charge in [0, 0.05) is 13.3 Å². The number of nitrogens with zero attached hydrogens (tertiary/aromatic N) is 1. The fourth-order valence-corrected chi connectivity index (χ4v) is 4.50. The number of carboxylic acid groups (broad SMARTS) is 1. The van der Waals surface area contributed by atoms with Crippen LogP contribution in [0.4, 0.5) is 0 Å². The van der Waals surface area contributed by atoms with Crippen molar-refractivity contribution in [3.8, 4) is 0 Å². The van der Waals surface area contributed by atoms with Crippen LogP contribution in [0.2, 0.25) is 0 Å². The Bertz CT molecular complexity index is 945. The third kappa shape index (κ3) is 9.02. The minimum absolute atomic E-state index is 0.730. The Balaban J connectivity index is 2.25. The van der Waals surface area contributed by atoms with Crippen molar-refractivity contribution in [3.63, 3.8) is 0 Å². The van der Waals surface area contributed by atoms with E-state index in [0.717, 1.165) is 6.92 Å². The molecule has 0 saturated carbocycles. The minimum Gasteiger partial charge on any atom is -0.477 e. The summed E-state index contributed by atoms with van der Waals surface area (Å²) in [6.45, 7) is -0.582. The van der Waals surface area contributed by atoms with Crippen LogP contribution in [0.25, 0.3) is 0 Å². The van der Waals surface area contributed by atoms with Gasteiger partial charge in [-0.1, -0.05) is 0 Å². The maximum atomic E-state index is 12.3. The molecule has 0 bridgehead atoms. The number of nitroso groups, excluding NO2 is 1. The smallest absolute Gasteiger partial charge is 0.364 e. The van der Waals surface area contributed by atoms with Crippen LogP contribution in [0.3, 0.4) is 0 Å². The average Bonchev–Trinajstić information content (AvgIpc) is 2.97. The Kier molecular flexibility index (Phi) is 14.3. The number of hydrogen-bond acceptors (Lipinski definition) is 19. The first-order chi connectivity index (χ1) is 20.5. The summed E-state index contributed by atoms with van der Waals surface area (Å²) in [6, 6.07) is -1.49. The monoisotopic (exact) mass is 648 g/mol. The molecule has 12 N–H and O–H groups in total. The van der Waals surface area contributed by atoms with Gasteiger partial charge in [0.05, 0.1) is 38.1 Å². The first-order valence-electron chi connectivity index (χ1n) is 13.3. The molecule has 1 amide bonds. The van der Waals surface area contributed by atoms with E-state index < -0.39 is 130 Å². The number of ether oxygens (including phenoxy) is 5. The van der Waals surface area contributed by atoms with Crippen molar-refractivity contribution in [2.75, 3.05) is 19.8 Å². The molecule has 2 rings (SSSR count). The van der Waals surface area contributed by atoms with Gasteiger partial charge in [-0.25, -0.2) is 4.79 Å². The molecule has 2 fully saturated rings. The van der Waals surface area contributed by atoms with Crippen LogP contribution in [-0.4, -0.2) is 180 Å². The van der Waals surface area contributed by atoms with E-state index in [-0.39, 0.29) is 0 Å². The summed E-state index contributed by atoms with van der Waals surface area (Å²) in [5.74, 6) is -5.47. The fourth-order valence-electron chi connectivity index (χ4n) is 4.50. The molecule has 0 aromatic carbocycles. The lowest BCUT2D eigenvalue weighted by Gasteiger charge is -2.47. The van der Waals surface area contributed by atoms with Gasteiger partial charge in [0.25, 0.3) is 5.79 Å². The molecule has 2 aliphatic rings. The second-order valence-corrected chi connectivity index (χ2v) is 10.3. The molecule has 21 heteroatoms. The van der Waals surface area contributed by atoms with Gasteiger partial charge < -0.3 is 85.2 Å². The predicted octanol–water partition coefficient (Wildman–Crippen LogP) is -6.85. The van der Waals surface area contributed by atoms with E-state index in [4.69, 9.17) is 23.7 Å². The Labute approximate surface area is 249 Å². The van der Waals surface area contributed by atoms with Gasteiger partial charge >= 0.3 is 5.97 Å². The van der Waals surface area contributed by atoms with Crippen molar-refractivity contribution in [2.45, 2.75) is 112 Å². The Morgan fingerprint density at radius 3 is 2.18 bits per heavy atom. The average molecular weight is 649 g/mol. The van der Waals surface area contributed by atoms with Gasteiger partial charge in [0.15, 0.2) is 6.29 Å². The first-order valence-corrected chi connectivity index (χ1v) is 13.3. The summed E-state index contributed by atoms with van der Waals surface area (Å²) in [7, 11) is 0. The quantitative estimate of drug-likeness (QED) is 0.0546. The lowest BCUT2D eigenvalue weighted by Crippen LogP contribution is -2.68. The highest BCUT2D eigenvalue weighted by atomic mass is 16.8. The summed E-state index contributed by atoms with van der Waals surface area (Å²) in [4.78, 5) is 35.2. The van der Waals surface area contributed by atoms with Crippen molar-refractivity contribution >= 4 is 11.9 Å². The molecule has 2 heterocycles. The Hall–Kier alpha value is -2.06. The zero-order valence-corrected chi connectivity index (χ0v) is 23.5. The zero-order chi connectivity index (χ0) is 33.5. The number of hydrogen-bond donors (Lipinski definition) is 12. The van der Waals surface area contributed by atoms with E-state index in [0.29, 0.717) is 0 Å². The zero-order valence-electron chi connectivity index (χ0n) is 23.5. The summed E-state index contributed by atoms with van der Waals surface area (Å²) >= 11 is 0. The van der Waals surface area contributed by atoms with Gasteiger partial charge in [0.2, 0.25) is 18.4 Å². The van der Waals surface area contributed by atoms with Crippen molar-refractivity contribution in [1.82, 2.24) is 5.32 Å². The molecule has 15 atom stereocenters. The second kappa shape index (κ2) is 16.5. The number of aliphatic carboxylic acids is 1. The number of carbonyl (C=O) groups excluding carboxylic acids is 1. The number of aliphatic hydroxyl groups excluding tert-OH is 10. The fraction of sp³-hybridized carbons (Fsp3) is 0.913. The van der Waals surface area contributed by atoms with Crippen molar-refractivity contribution in [1.29, 1.82) is 0 Å². The lowest BCUT2D eigenvalue weighted by atomic mass is 9.88. The van der Waals surface area contributed by atoms with E-state index in [1.807, 2.05) is 0 Å². The largest absolute Gasteiger partial charge is 0.477 e. The van der Waals surface area contributed by atoms with E-state index in [1.165, 1.54) is 6.92 Å². The molecule has 0 aromatic rings. The number of amides is 1. The highest BCUT2D eigenvalue weighted by Gasteiger charge is 2.57. The van der Waals surface area contributed by atoms with Crippen LogP contribution < -0.4 is 5.32 Å². The second-order valence-electron chi connectivity index (χ2n) is 10.3. The lowest BCUT2D eigenvalue weighted by molar-refractivity contribution is -0.359. The molecule has 0 aliphatic carbocycles. The highest BCUT2D eigenvalue weighted by molar-refractivity contribution is 5.76. The van der Waals surface area contributed by atoms with Gasteiger partial charge in [-0.2, -0.15) is 0 Å². The third-order valence-corrected chi connectivity index (χ3v) is 6.99. The molecule has 2 aliphatic heterocycles. The van der Waals surface area contributed by atoms with Crippen LogP contribution >= 0.6 is 0 Å². The number of carboxylic acids is 1. The van der Waals surface area contributed by atoms with Crippen LogP contribution in [0, 0.1) is 4.91 Å². The summed E-state index contributed by atoms with van der Waals surface area (Å²) in [5.41, 5.74) is 0. The van der Waals surface area contributed by atoms with E-state index in [9.17, 15) is 70.7 Å². The molecule has 2 saturated heterocycles. The minimum atomic E-state index is -2.85. The number of carbonyl (C=O) groups is 2. The molecule has 44 heavy (non-hydrogen) atoms. The number of aliphatic hydroxyl groups is 10. The maximum absolute atomic E-state index is 12.3. The van der Waals surface area contributed by atoms with E-state index >= 15 is 0 Å². The van der Waals surface area contributed by atoms with Crippen LogP contribution in [0.15, 0.2) is 5.18 Å². The van der Waals surface area contributed by atoms with Gasteiger partial charge in [-0.05, 0) is 12.1 Å². The van der Waals surface area contributed by atoms with Crippen LogP contribution in [0.1, 0.15) is 20.3 Å². The standard InChI is InChI=1S/C23H40N2O19/c1-7(28)11(5-27)41-19(25-39)20(36)43-21-17(35)16(34)15(33)12(42-21)6-40-23(22(37)38)3-9(30)13(24-8(2)29)18(44-23)14(32)10(31)4-26/h7,9-21,26-28,30-36H,3-6H2,1-2H3,(H,24,29)(H,37,38)/t7?,9?,10?,11?,12?,13?,14-,15?,16?,17?,18?,19?,20?,21?,23?/m1/s1. The van der Waals surface area contributed by atoms with Crippen molar-refractivity contribution < 1.29 is 89.4 Å². The molecule has 0 aromatic heterocycles. The SMILES string of the molecule is CC(=O)NC1C(O)CC(OCC2OC(OC(O)C(N=O)OC(CO)C(C)O)C(O)C(O)C2O)(C(=O)O)OC1[C@H](O)C(O)CO. The number of rotatable bonds is 16. The third-order valence-electron chi connectivity index (χ3n) is 6.99. The Morgan fingerprint density at radius 2 is 1.68 bits per heavy atom. The normalized spacial score (nSPS) is 36.8. The summed E-state index contributed by atoms with van der Waals surface area (Å²) < 4.78 is 26.1. The highest BCUT2D eigenvalue weighted by Crippen LogP contribution is 2.35. The van der Waals surface area contributed by atoms with Crippen LogP contribution in [0.5, 0.6) is 0 Å². The first kappa shape index (κ1) is 38.1. The Morgan fingerprint density at radius 1 is 1.05 bits per heavy atom. The summed E-state index contributed by atoms with van der Waals surface area (Å²) in [5, 5.41) is 115. The summed E-state index contributed by atoms with van der Waals surface area (Å²) in [6.07, 6.45) is -25.7. The van der Waals surface area contributed by atoms with Crippen LogP contribution in [-0.2, 0) is 33.3 Å². The maximum Gasteiger partial charge on any atom is 0.364 e. The molecule has 256 valence electrons. The van der Waals surface area contributed by atoms with Gasteiger partial charge in [0.1, 0.15) is 48.8 Å². The van der Waals surface area contributed by atoms with Crippen molar-refractivity contribution in [3.05, 3.63) is 4.91 Å². The van der Waals surface area contributed by atoms with Crippen molar-refractivity contribution in [2.24, 2.45) is 5.18 Å². The molecule has 21 nitrogen and oxygen atoms in total. The molecular weight excluding hydrogens is 608 g/mol. The molecule has 0 radical (unpaired) electrons. The van der Waals surface area contributed by atoms with Gasteiger partial charge in [-0.3, -0.25) is 4.79 Å². The molecule has 0 spiro atoms. The van der Waals surface area contributed by atoms with E-state index in [1.54, 1.807) is 0 Å². The number of nitrogens with one attached hydrogen (secondary N) is 1.